The first-order valence-corrected chi connectivity index (χ1v) is 9.91. The first-order valence-electron chi connectivity index (χ1n) is 8.47. The van der Waals surface area contributed by atoms with Gasteiger partial charge in [0.2, 0.25) is 15.9 Å². The quantitative estimate of drug-likeness (QED) is 0.695. The van der Waals surface area contributed by atoms with Crippen LogP contribution >= 0.6 is 0 Å². The van der Waals surface area contributed by atoms with E-state index in [4.69, 9.17) is 4.74 Å². The molecule has 0 fully saturated rings. The van der Waals surface area contributed by atoms with Gasteiger partial charge >= 0.3 is 0 Å². The highest BCUT2D eigenvalue weighted by atomic mass is 32.2. The maximum atomic E-state index is 12.7. The van der Waals surface area contributed by atoms with Crippen molar-refractivity contribution in [1.29, 1.82) is 0 Å². The lowest BCUT2D eigenvalue weighted by atomic mass is 10.2. The summed E-state index contributed by atoms with van der Waals surface area (Å²) in [5.41, 5.74) is 1.06. The number of rotatable bonds is 8. The molecule has 8 nitrogen and oxygen atoms in total. The van der Waals surface area contributed by atoms with Crippen molar-refractivity contribution in [2.45, 2.75) is 18.7 Å². The highest BCUT2D eigenvalue weighted by Crippen LogP contribution is 2.29. The summed E-state index contributed by atoms with van der Waals surface area (Å²) in [5, 5.41) is 6.68. The van der Waals surface area contributed by atoms with E-state index >= 15 is 0 Å². The summed E-state index contributed by atoms with van der Waals surface area (Å²) >= 11 is 0. The van der Waals surface area contributed by atoms with Crippen LogP contribution in [0.3, 0.4) is 0 Å². The molecule has 27 heavy (non-hydrogen) atoms. The van der Waals surface area contributed by atoms with Crippen molar-refractivity contribution in [2.24, 2.45) is 7.05 Å². The molecule has 1 heterocycles. The molecule has 9 heteroatoms. The average molecular weight is 392 g/mol. The Hall–Kier alpha value is -2.65. The molecule has 0 unspecified atom stereocenters. The Morgan fingerprint density at radius 3 is 2.59 bits per heavy atom. The van der Waals surface area contributed by atoms with Crippen LogP contribution in [0.15, 0.2) is 41.6 Å². The molecule has 1 N–H and O–H groups in total. The van der Waals surface area contributed by atoms with Gasteiger partial charge in [-0.25, -0.2) is 8.42 Å². The number of ether oxygens (including phenoxy) is 1. The lowest BCUT2D eigenvalue weighted by Crippen LogP contribution is -2.30. The van der Waals surface area contributed by atoms with E-state index in [2.05, 4.69) is 10.4 Å². The number of hydrogen-bond acceptors (Lipinski definition) is 5. The molecule has 0 radical (unpaired) electrons. The number of carbonyl (C=O) groups is 1. The molecule has 0 bridgehead atoms. The topological polar surface area (TPSA) is 93.5 Å². The number of carbonyl (C=O) groups excluding carboxylic acids is 1. The Morgan fingerprint density at radius 2 is 2.04 bits per heavy atom. The summed E-state index contributed by atoms with van der Waals surface area (Å²) in [6, 6.07) is 4.40. The standard InChI is InChI=1S/C18H24N4O4S/c1-5-22(6-2)27(24,25)15-8-9-17(26-4)16(11-15)20-18(23)10-7-14-12-19-21(3)13-14/h7-13H,5-6H2,1-4H3,(H,20,23). The second-order valence-electron chi connectivity index (χ2n) is 5.72. The zero-order valence-corrected chi connectivity index (χ0v) is 16.7. The number of hydrogen-bond donors (Lipinski definition) is 1. The smallest absolute Gasteiger partial charge is 0.248 e. The number of aromatic nitrogens is 2. The maximum absolute atomic E-state index is 12.7. The molecular weight excluding hydrogens is 368 g/mol. The number of anilines is 1. The molecule has 0 saturated heterocycles. The second kappa shape index (κ2) is 8.83. The van der Waals surface area contributed by atoms with Gasteiger partial charge in [0, 0.05) is 38.0 Å². The van der Waals surface area contributed by atoms with Crippen molar-refractivity contribution in [3.63, 3.8) is 0 Å². The van der Waals surface area contributed by atoms with Crippen LogP contribution < -0.4 is 10.1 Å². The van der Waals surface area contributed by atoms with E-state index in [1.165, 1.54) is 35.7 Å². The minimum absolute atomic E-state index is 0.0959. The number of nitrogens with one attached hydrogen (secondary N) is 1. The van der Waals surface area contributed by atoms with Crippen molar-refractivity contribution in [2.75, 3.05) is 25.5 Å². The minimum Gasteiger partial charge on any atom is -0.495 e. The summed E-state index contributed by atoms with van der Waals surface area (Å²) in [5.74, 6) is -0.0360. The van der Waals surface area contributed by atoms with Gasteiger partial charge in [0.05, 0.1) is 23.9 Å². The van der Waals surface area contributed by atoms with Gasteiger partial charge in [-0.15, -0.1) is 0 Å². The van der Waals surface area contributed by atoms with Crippen LogP contribution in [0.1, 0.15) is 19.4 Å². The largest absolute Gasteiger partial charge is 0.495 e. The van der Waals surface area contributed by atoms with E-state index in [9.17, 15) is 13.2 Å². The monoisotopic (exact) mass is 392 g/mol. The van der Waals surface area contributed by atoms with Gasteiger partial charge < -0.3 is 10.1 Å². The summed E-state index contributed by atoms with van der Waals surface area (Å²) in [6.07, 6.45) is 6.36. The summed E-state index contributed by atoms with van der Waals surface area (Å²) in [7, 11) is -0.404. The highest BCUT2D eigenvalue weighted by molar-refractivity contribution is 7.89. The van der Waals surface area contributed by atoms with Gasteiger partial charge in [0.15, 0.2) is 0 Å². The summed E-state index contributed by atoms with van der Waals surface area (Å²) < 4.78 is 33.6. The van der Waals surface area contributed by atoms with Crippen molar-refractivity contribution < 1.29 is 17.9 Å². The number of amides is 1. The van der Waals surface area contributed by atoms with Crippen LogP contribution in [0.25, 0.3) is 6.08 Å². The molecule has 1 aromatic heterocycles. The Kier molecular flexibility index (Phi) is 6.75. The molecule has 2 aromatic rings. The van der Waals surface area contributed by atoms with Crippen molar-refractivity contribution in [3.8, 4) is 5.75 Å². The fourth-order valence-corrected chi connectivity index (χ4v) is 4.02. The van der Waals surface area contributed by atoms with E-state index in [1.54, 1.807) is 44.0 Å². The summed E-state index contributed by atoms with van der Waals surface area (Å²) in [4.78, 5) is 12.3. The van der Waals surface area contributed by atoms with Crippen LogP contribution in [0.5, 0.6) is 5.75 Å². The molecule has 0 aliphatic carbocycles. The van der Waals surface area contributed by atoms with Crippen LogP contribution in [0.4, 0.5) is 5.69 Å². The first kappa shape index (κ1) is 20.7. The Labute approximate surface area is 159 Å². The molecule has 0 spiro atoms. The van der Waals surface area contributed by atoms with Crippen LogP contribution in [-0.2, 0) is 21.9 Å². The zero-order chi connectivity index (χ0) is 20.0. The number of benzene rings is 1. The molecule has 1 amide bonds. The molecular formula is C18H24N4O4S. The van der Waals surface area contributed by atoms with E-state index in [-0.39, 0.29) is 10.6 Å². The van der Waals surface area contributed by atoms with Gasteiger partial charge in [0.1, 0.15) is 5.75 Å². The van der Waals surface area contributed by atoms with Crippen LogP contribution in [0, 0.1) is 0 Å². The third-order valence-corrected chi connectivity index (χ3v) is 5.97. The lowest BCUT2D eigenvalue weighted by Gasteiger charge is -2.19. The molecule has 0 atom stereocenters. The van der Waals surface area contributed by atoms with Gasteiger partial charge in [-0.05, 0) is 24.3 Å². The summed E-state index contributed by atoms with van der Waals surface area (Å²) in [6.45, 7) is 4.27. The van der Waals surface area contributed by atoms with Crippen molar-refractivity contribution in [3.05, 3.63) is 42.2 Å². The SMILES string of the molecule is CCN(CC)S(=O)(=O)c1ccc(OC)c(NC(=O)C=Cc2cnn(C)c2)c1. The van der Waals surface area contributed by atoms with Crippen LogP contribution in [-0.4, -0.2) is 48.6 Å². The molecule has 0 aliphatic rings. The fourth-order valence-electron chi connectivity index (χ4n) is 2.53. The Bertz CT molecular complexity index is 931. The number of nitrogens with zero attached hydrogens (tertiary/aromatic N) is 3. The molecule has 0 aliphatic heterocycles. The van der Waals surface area contributed by atoms with Crippen molar-refractivity contribution >= 4 is 27.7 Å². The average Bonchev–Trinajstić information content (AvgIpc) is 3.06. The van der Waals surface area contributed by atoms with E-state index in [0.717, 1.165) is 5.56 Å². The van der Waals surface area contributed by atoms with Crippen molar-refractivity contribution in [1.82, 2.24) is 14.1 Å². The Balaban J connectivity index is 2.27. The third kappa shape index (κ3) is 4.95. The molecule has 2 rings (SSSR count). The van der Waals surface area contributed by atoms with E-state index < -0.39 is 15.9 Å². The maximum Gasteiger partial charge on any atom is 0.248 e. The first-order chi connectivity index (χ1) is 12.8. The minimum atomic E-state index is -3.64. The third-order valence-electron chi connectivity index (χ3n) is 3.92. The Morgan fingerprint density at radius 1 is 1.33 bits per heavy atom. The van der Waals surface area contributed by atoms with Gasteiger partial charge in [-0.2, -0.15) is 9.40 Å². The zero-order valence-electron chi connectivity index (χ0n) is 15.8. The van der Waals surface area contributed by atoms with E-state index in [0.29, 0.717) is 18.8 Å². The second-order valence-corrected chi connectivity index (χ2v) is 7.66. The highest BCUT2D eigenvalue weighted by Gasteiger charge is 2.23. The molecule has 1 aromatic carbocycles. The van der Waals surface area contributed by atoms with E-state index in [1.807, 2.05) is 0 Å². The molecule has 146 valence electrons. The predicted octanol–water partition coefficient (Wildman–Crippen LogP) is 2.11. The van der Waals surface area contributed by atoms with Crippen LogP contribution in [0.2, 0.25) is 0 Å². The fraction of sp³-hybridized carbons (Fsp3) is 0.333. The lowest BCUT2D eigenvalue weighted by molar-refractivity contribution is -0.111. The molecule has 0 saturated carbocycles. The number of aryl methyl sites for hydroxylation is 1. The predicted molar refractivity (Wildman–Crippen MR) is 104 cm³/mol. The van der Waals surface area contributed by atoms with Gasteiger partial charge in [0.25, 0.3) is 0 Å². The number of sulfonamides is 1. The number of methoxy groups -OCH3 is 1. The van der Waals surface area contributed by atoms with Gasteiger partial charge in [-0.1, -0.05) is 13.8 Å². The van der Waals surface area contributed by atoms with Gasteiger partial charge in [-0.3, -0.25) is 9.48 Å². The normalized spacial score (nSPS) is 11.9.